The minimum Gasteiger partial charge on any atom is -0.497 e. The van der Waals surface area contributed by atoms with Crippen molar-refractivity contribution in [3.05, 3.63) is 89.4 Å². The number of rotatable bonds is 8. The van der Waals surface area contributed by atoms with Gasteiger partial charge in [0.2, 0.25) is 5.91 Å². The summed E-state index contributed by atoms with van der Waals surface area (Å²) in [6, 6.07) is 21.7. The minimum absolute atomic E-state index is 0.0403. The first-order valence-corrected chi connectivity index (χ1v) is 10.9. The number of nitrogens with one attached hydrogen (secondary N) is 1. The van der Waals surface area contributed by atoms with Crippen molar-refractivity contribution in [2.75, 3.05) is 18.0 Å². The highest BCUT2D eigenvalue weighted by molar-refractivity contribution is 7.92. The van der Waals surface area contributed by atoms with Crippen LogP contribution in [0.3, 0.4) is 0 Å². The minimum atomic E-state index is -4.00. The number of carbonyl (C=O) groups is 1. The second kappa shape index (κ2) is 9.65. The lowest BCUT2D eigenvalue weighted by molar-refractivity contribution is -0.119. The van der Waals surface area contributed by atoms with Gasteiger partial charge in [0.15, 0.2) is 0 Å². The molecule has 0 saturated carbocycles. The molecular formula is C22H21ClN2O4S. The molecule has 0 aliphatic rings. The van der Waals surface area contributed by atoms with Gasteiger partial charge in [0.05, 0.1) is 17.7 Å². The number of amides is 1. The van der Waals surface area contributed by atoms with Gasteiger partial charge in [-0.25, -0.2) is 8.42 Å². The van der Waals surface area contributed by atoms with E-state index in [-0.39, 0.29) is 11.4 Å². The number of carbonyl (C=O) groups excluding carboxylic acids is 1. The summed E-state index contributed by atoms with van der Waals surface area (Å²) in [4.78, 5) is 12.6. The maximum atomic E-state index is 13.3. The zero-order chi connectivity index (χ0) is 21.6. The van der Waals surface area contributed by atoms with Crippen molar-refractivity contribution in [1.82, 2.24) is 5.32 Å². The van der Waals surface area contributed by atoms with E-state index in [4.69, 9.17) is 16.3 Å². The summed E-state index contributed by atoms with van der Waals surface area (Å²) in [5.41, 5.74) is 1.27. The number of nitrogens with zero attached hydrogens (tertiary/aromatic N) is 1. The molecule has 0 aliphatic carbocycles. The summed E-state index contributed by atoms with van der Waals surface area (Å²) in [7, 11) is -2.47. The first kappa shape index (κ1) is 21.7. The number of benzene rings is 3. The fourth-order valence-corrected chi connectivity index (χ4v) is 4.33. The quantitative estimate of drug-likeness (QED) is 0.572. The molecule has 0 saturated heterocycles. The molecule has 0 fully saturated rings. The van der Waals surface area contributed by atoms with E-state index in [1.807, 2.05) is 30.3 Å². The molecule has 3 rings (SSSR count). The molecule has 8 heteroatoms. The molecule has 6 nitrogen and oxygen atoms in total. The Labute approximate surface area is 181 Å². The van der Waals surface area contributed by atoms with Crippen LogP contribution in [0.5, 0.6) is 5.75 Å². The van der Waals surface area contributed by atoms with Crippen LogP contribution in [-0.4, -0.2) is 28.0 Å². The van der Waals surface area contributed by atoms with Crippen LogP contribution in [0.1, 0.15) is 5.56 Å². The number of halogens is 1. The molecule has 0 bridgehead atoms. The number of hydrogen-bond acceptors (Lipinski definition) is 4. The van der Waals surface area contributed by atoms with Crippen LogP contribution in [0.4, 0.5) is 5.69 Å². The molecule has 3 aromatic rings. The number of ether oxygens (including phenoxy) is 1. The number of anilines is 1. The lowest BCUT2D eigenvalue weighted by atomic mass is 10.2. The highest BCUT2D eigenvalue weighted by Crippen LogP contribution is 2.26. The van der Waals surface area contributed by atoms with Gasteiger partial charge in [0.25, 0.3) is 10.0 Å². The molecular weight excluding hydrogens is 424 g/mol. The molecule has 0 heterocycles. The summed E-state index contributed by atoms with van der Waals surface area (Å²) in [5.74, 6) is 0.156. The Kier molecular flexibility index (Phi) is 6.97. The maximum absolute atomic E-state index is 13.3. The van der Waals surface area contributed by atoms with E-state index in [9.17, 15) is 13.2 Å². The molecule has 3 aromatic carbocycles. The van der Waals surface area contributed by atoms with Gasteiger partial charge in [-0.15, -0.1) is 0 Å². The highest BCUT2D eigenvalue weighted by Gasteiger charge is 2.27. The predicted molar refractivity (Wildman–Crippen MR) is 117 cm³/mol. The average Bonchev–Trinajstić information content (AvgIpc) is 2.77. The van der Waals surface area contributed by atoms with E-state index in [0.29, 0.717) is 23.0 Å². The van der Waals surface area contributed by atoms with Gasteiger partial charge in [-0.05, 0) is 54.1 Å². The van der Waals surface area contributed by atoms with Crippen molar-refractivity contribution in [3.8, 4) is 5.75 Å². The summed E-state index contributed by atoms with van der Waals surface area (Å²) < 4.78 is 32.8. The van der Waals surface area contributed by atoms with Gasteiger partial charge in [-0.3, -0.25) is 9.10 Å². The third kappa shape index (κ3) is 5.31. The molecule has 0 aromatic heterocycles. The van der Waals surface area contributed by atoms with E-state index >= 15 is 0 Å². The van der Waals surface area contributed by atoms with Crippen molar-refractivity contribution >= 4 is 33.2 Å². The molecule has 0 radical (unpaired) electrons. The lowest BCUT2D eigenvalue weighted by Gasteiger charge is -2.24. The van der Waals surface area contributed by atoms with Crippen molar-refractivity contribution in [2.45, 2.75) is 11.4 Å². The van der Waals surface area contributed by atoms with Crippen molar-refractivity contribution in [2.24, 2.45) is 0 Å². The third-order valence-electron chi connectivity index (χ3n) is 4.38. The normalized spacial score (nSPS) is 11.0. The molecule has 1 amide bonds. The zero-order valence-electron chi connectivity index (χ0n) is 16.3. The largest absolute Gasteiger partial charge is 0.497 e. The Morgan fingerprint density at radius 1 is 0.967 bits per heavy atom. The van der Waals surface area contributed by atoms with Crippen molar-refractivity contribution in [1.29, 1.82) is 0 Å². The van der Waals surface area contributed by atoms with Crippen LogP contribution in [0, 0.1) is 0 Å². The van der Waals surface area contributed by atoms with Gasteiger partial charge in [0, 0.05) is 11.6 Å². The van der Waals surface area contributed by atoms with E-state index in [1.54, 1.807) is 24.3 Å². The zero-order valence-corrected chi connectivity index (χ0v) is 17.9. The van der Waals surface area contributed by atoms with Gasteiger partial charge in [0.1, 0.15) is 12.3 Å². The van der Waals surface area contributed by atoms with Crippen LogP contribution in [-0.2, 0) is 21.4 Å². The summed E-state index contributed by atoms with van der Waals surface area (Å²) >= 11 is 5.89. The van der Waals surface area contributed by atoms with Crippen LogP contribution >= 0.6 is 11.6 Å². The summed E-state index contributed by atoms with van der Waals surface area (Å²) in [6.45, 7) is -0.0682. The van der Waals surface area contributed by atoms with E-state index in [2.05, 4.69) is 5.32 Å². The average molecular weight is 445 g/mol. The fourth-order valence-electron chi connectivity index (χ4n) is 2.78. The molecule has 30 heavy (non-hydrogen) atoms. The van der Waals surface area contributed by atoms with Crippen molar-refractivity contribution in [3.63, 3.8) is 0 Å². The Hall–Kier alpha value is -3.03. The first-order valence-electron chi connectivity index (χ1n) is 9.13. The Bertz CT molecular complexity index is 1090. The Morgan fingerprint density at radius 3 is 2.20 bits per heavy atom. The van der Waals surface area contributed by atoms with E-state index < -0.39 is 15.9 Å². The van der Waals surface area contributed by atoms with E-state index in [0.717, 1.165) is 9.87 Å². The van der Waals surface area contributed by atoms with Gasteiger partial charge < -0.3 is 10.1 Å². The lowest BCUT2D eigenvalue weighted by Crippen LogP contribution is -2.40. The number of hydrogen-bond donors (Lipinski definition) is 1. The Balaban J connectivity index is 1.86. The number of methoxy groups -OCH3 is 1. The van der Waals surface area contributed by atoms with Crippen molar-refractivity contribution < 1.29 is 17.9 Å². The first-order chi connectivity index (χ1) is 14.4. The molecule has 0 unspecified atom stereocenters. The van der Waals surface area contributed by atoms with Gasteiger partial charge in [-0.1, -0.05) is 41.9 Å². The summed E-state index contributed by atoms with van der Waals surface area (Å²) in [5, 5.41) is 3.19. The molecule has 1 N–H and O–H groups in total. The molecule has 156 valence electrons. The number of sulfonamides is 1. The topological polar surface area (TPSA) is 75.7 Å². The van der Waals surface area contributed by atoms with Gasteiger partial charge >= 0.3 is 0 Å². The highest BCUT2D eigenvalue weighted by atomic mass is 35.5. The SMILES string of the molecule is COc1ccc(N(CC(=O)NCc2ccccc2)S(=O)(=O)c2ccc(Cl)cc2)cc1. The van der Waals surface area contributed by atoms with E-state index in [1.165, 1.54) is 31.4 Å². The Morgan fingerprint density at radius 2 is 1.60 bits per heavy atom. The standard InChI is InChI=1S/C22H21ClN2O4S/c1-29-20-11-9-19(10-12-20)25(30(27,28)21-13-7-18(23)8-14-21)16-22(26)24-15-17-5-3-2-4-6-17/h2-14H,15-16H2,1H3,(H,24,26). The van der Waals surface area contributed by atoms with Gasteiger partial charge in [-0.2, -0.15) is 0 Å². The monoisotopic (exact) mass is 444 g/mol. The molecule has 0 spiro atoms. The summed E-state index contributed by atoms with van der Waals surface area (Å²) in [6.07, 6.45) is 0. The smallest absolute Gasteiger partial charge is 0.264 e. The molecule has 0 aliphatic heterocycles. The van der Waals surface area contributed by atoms with Crippen LogP contribution in [0.15, 0.2) is 83.8 Å². The molecule has 0 atom stereocenters. The predicted octanol–water partition coefficient (Wildman–Crippen LogP) is 3.86. The maximum Gasteiger partial charge on any atom is 0.264 e. The second-order valence-electron chi connectivity index (χ2n) is 6.43. The second-order valence-corrected chi connectivity index (χ2v) is 8.72. The fraction of sp³-hybridized carbons (Fsp3) is 0.136. The van der Waals surface area contributed by atoms with Crippen LogP contribution < -0.4 is 14.4 Å². The van der Waals surface area contributed by atoms with Crippen LogP contribution in [0.25, 0.3) is 0 Å². The third-order valence-corrected chi connectivity index (χ3v) is 6.42. The van der Waals surface area contributed by atoms with Crippen LogP contribution in [0.2, 0.25) is 5.02 Å².